The third-order valence-corrected chi connectivity index (χ3v) is 3.48. The van der Waals surface area contributed by atoms with Gasteiger partial charge in [-0.2, -0.15) is 0 Å². The fourth-order valence-corrected chi connectivity index (χ4v) is 2.66. The minimum absolute atomic E-state index is 0.268. The molecule has 2 nitrogen and oxygen atoms in total. The first-order chi connectivity index (χ1) is 8.11. The third-order valence-electron chi connectivity index (χ3n) is 2.54. The lowest BCUT2D eigenvalue weighted by molar-refractivity contribution is 0.630. The summed E-state index contributed by atoms with van der Waals surface area (Å²) in [6.45, 7) is 4.02. The number of halogens is 1. The van der Waals surface area contributed by atoms with Crippen molar-refractivity contribution in [1.29, 1.82) is 0 Å². The molecular weight excluding hydrogens is 235 g/mol. The number of anilines is 1. The highest BCUT2D eigenvalue weighted by atomic mass is 32.1. The number of aromatic nitrogens is 1. The molecule has 2 rings (SSSR count). The van der Waals surface area contributed by atoms with Gasteiger partial charge >= 0.3 is 0 Å². The van der Waals surface area contributed by atoms with Crippen LogP contribution in [0.2, 0.25) is 0 Å². The number of benzene rings is 1. The number of nitrogens with two attached hydrogens (primary N) is 1. The summed E-state index contributed by atoms with van der Waals surface area (Å²) in [5.74, 6) is -0.268. The first kappa shape index (κ1) is 12.0. The highest BCUT2D eigenvalue weighted by Gasteiger charge is 2.14. The molecule has 1 aromatic heterocycles. The number of rotatable bonds is 3. The molecule has 2 aromatic rings. The van der Waals surface area contributed by atoms with Gasteiger partial charge in [0.05, 0.1) is 5.01 Å². The summed E-state index contributed by atoms with van der Waals surface area (Å²) >= 11 is 1.45. The Morgan fingerprint density at radius 2 is 2.18 bits per heavy atom. The van der Waals surface area contributed by atoms with Crippen LogP contribution in [0.1, 0.15) is 23.9 Å². The summed E-state index contributed by atoms with van der Waals surface area (Å²) in [7, 11) is 0. The molecule has 4 heteroatoms. The highest BCUT2D eigenvalue weighted by Crippen LogP contribution is 2.33. The average Bonchev–Trinajstić information content (AvgIpc) is 2.64. The van der Waals surface area contributed by atoms with Crippen molar-refractivity contribution in [1.82, 2.24) is 4.98 Å². The standard InChI is InChI=1S/C13H15FN2S/c1-3-4-11-16-12(13(15)17-11)9-7-8(2)5-6-10(9)14/h5-7H,3-4,15H2,1-2H3. The lowest BCUT2D eigenvalue weighted by atomic mass is 10.1. The summed E-state index contributed by atoms with van der Waals surface area (Å²) in [5, 5.41) is 1.57. The number of nitrogen functional groups attached to an aromatic ring is 1. The van der Waals surface area contributed by atoms with Gasteiger partial charge in [0.15, 0.2) is 0 Å². The minimum atomic E-state index is -0.268. The monoisotopic (exact) mass is 250 g/mol. The van der Waals surface area contributed by atoms with Crippen molar-refractivity contribution >= 4 is 16.3 Å². The Morgan fingerprint density at radius 3 is 2.88 bits per heavy atom. The minimum Gasteiger partial charge on any atom is -0.389 e. The van der Waals surface area contributed by atoms with E-state index in [-0.39, 0.29) is 5.82 Å². The molecule has 0 aliphatic rings. The Balaban J connectivity index is 2.48. The summed E-state index contributed by atoms with van der Waals surface area (Å²) < 4.78 is 13.7. The molecule has 0 aliphatic heterocycles. The number of aryl methyl sites for hydroxylation is 2. The molecule has 0 saturated heterocycles. The van der Waals surface area contributed by atoms with E-state index in [1.165, 1.54) is 17.4 Å². The van der Waals surface area contributed by atoms with E-state index in [9.17, 15) is 4.39 Å². The van der Waals surface area contributed by atoms with Gasteiger partial charge in [-0.3, -0.25) is 0 Å². The topological polar surface area (TPSA) is 38.9 Å². The van der Waals surface area contributed by atoms with Gasteiger partial charge in [0, 0.05) is 5.56 Å². The molecule has 0 spiro atoms. The molecule has 1 aromatic carbocycles. The van der Waals surface area contributed by atoms with E-state index in [1.807, 2.05) is 6.92 Å². The van der Waals surface area contributed by atoms with Gasteiger partial charge in [-0.15, -0.1) is 11.3 Å². The van der Waals surface area contributed by atoms with Crippen LogP contribution in [0.3, 0.4) is 0 Å². The summed E-state index contributed by atoms with van der Waals surface area (Å²) in [6, 6.07) is 4.99. The van der Waals surface area contributed by atoms with Gasteiger partial charge in [0.2, 0.25) is 0 Å². The molecule has 0 atom stereocenters. The number of nitrogens with zero attached hydrogens (tertiary/aromatic N) is 1. The Labute approximate surface area is 104 Å². The molecule has 0 amide bonds. The second kappa shape index (κ2) is 4.84. The molecule has 2 N–H and O–H groups in total. The molecule has 17 heavy (non-hydrogen) atoms. The Hall–Kier alpha value is -1.42. The van der Waals surface area contributed by atoms with Crippen molar-refractivity contribution in [2.75, 3.05) is 5.73 Å². The van der Waals surface area contributed by atoms with Crippen LogP contribution in [0.5, 0.6) is 0 Å². The Kier molecular flexibility index (Phi) is 3.43. The van der Waals surface area contributed by atoms with Crippen LogP contribution < -0.4 is 5.73 Å². The number of hydrogen-bond donors (Lipinski definition) is 1. The fraction of sp³-hybridized carbons (Fsp3) is 0.308. The predicted octanol–water partition coefficient (Wildman–Crippen LogP) is 3.79. The number of thiazole rings is 1. The van der Waals surface area contributed by atoms with Crippen LogP contribution in [0, 0.1) is 12.7 Å². The Morgan fingerprint density at radius 1 is 1.41 bits per heavy atom. The molecule has 0 radical (unpaired) electrons. The molecule has 1 heterocycles. The molecular formula is C13H15FN2S. The predicted molar refractivity (Wildman–Crippen MR) is 70.7 cm³/mol. The van der Waals surface area contributed by atoms with Crippen LogP contribution in [-0.4, -0.2) is 4.98 Å². The van der Waals surface area contributed by atoms with Crippen molar-refractivity contribution in [2.24, 2.45) is 0 Å². The van der Waals surface area contributed by atoms with E-state index in [0.29, 0.717) is 16.3 Å². The van der Waals surface area contributed by atoms with Crippen LogP contribution in [0.4, 0.5) is 9.39 Å². The lowest BCUT2D eigenvalue weighted by Crippen LogP contribution is -1.91. The molecule has 0 bridgehead atoms. The van der Waals surface area contributed by atoms with Crippen molar-refractivity contribution in [3.8, 4) is 11.3 Å². The molecule has 0 unspecified atom stereocenters. The quantitative estimate of drug-likeness (QED) is 0.900. The zero-order valence-corrected chi connectivity index (χ0v) is 10.8. The summed E-state index contributed by atoms with van der Waals surface area (Å²) in [6.07, 6.45) is 1.91. The lowest BCUT2D eigenvalue weighted by Gasteiger charge is -2.02. The second-order valence-corrected chi connectivity index (χ2v) is 5.17. The molecule has 0 saturated carbocycles. The normalized spacial score (nSPS) is 10.8. The van der Waals surface area contributed by atoms with E-state index in [1.54, 1.807) is 12.1 Å². The fourth-order valence-electron chi connectivity index (χ4n) is 1.71. The van der Waals surface area contributed by atoms with Crippen LogP contribution >= 0.6 is 11.3 Å². The summed E-state index contributed by atoms with van der Waals surface area (Å²) in [5.41, 5.74) is 8.00. The van der Waals surface area contributed by atoms with Crippen molar-refractivity contribution < 1.29 is 4.39 Å². The maximum absolute atomic E-state index is 13.7. The first-order valence-electron chi connectivity index (χ1n) is 5.63. The highest BCUT2D eigenvalue weighted by molar-refractivity contribution is 7.16. The third kappa shape index (κ3) is 2.47. The van der Waals surface area contributed by atoms with E-state index in [4.69, 9.17) is 5.73 Å². The molecule has 0 aliphatic carbocycles. The van der Waals surface area contributed by atoms with Gasteiger partial charge in [-0.1, -0.05) is 18.6 Å². The van der Waals surface area contributed by atoms with Crippen LogP contribution in [-0.2, 0) is 6.42 Å². The zero-order chi connectivity index (χ0) is 12.4. The van der Waals surface area contributed by atoms with Gasteiger partial charge in [0.1, 0.15) is 16.5 Å². The maximum atomic E-state index is 13.7. The largest absolute Gasteiger partial charge is 0.389 e. The summed E-state index contributed by atoms with van der Waals surface area (Å²) in [4.78, 5) is 4.43. The van der Waals surface area contributed by atoms with Crippen molar-refractivity contribution in [2.45, 2.75) is 26.7 Å². The van der Waals surface area contributed by atoms with E-state index >= 15 is 0 Å². The molecule has 0 fully saturated rings. The maximum Gasteiger partial charge on any atom is 0.132 e. The SMILES string of the molecule is CCCc1nc(-c2cc(C)ccc2F)c(N)s1. The van der Waals surface area contributed by atoms with Crippen LogP contribution in [0.15, 0.2) is 18.2 Å². The van der Waals surface area contributed by atoms with Gasteiger partial charge in [-0.05, 0) is 31.9 Å². The van der Waals surface area contributed by atoms with Crippen molar-refractivity contribution in [3.63, 3.8) is 0 Å². The van der Waals surface area contributed by atoms with Crippen LogP contribution in [0.25, 0.3) is 11.3 Å². The second-order valence-electron chi connectivity index (χ2n) is 4.05. The zero-order valence-electron chi connectivity index (χ0n) is 9.96. The Bertz CT molecular complexity index is 534. The number of hydrogen-bond acceptors (Lipinski definition) is 3. The first-order valence-corrected chi connectivity index (χ1v) is 6.45. The van der Waals surface area contributed by atoms with E-state index in [2.05, 4.69) is 11.9 Å². The van der Waals surface area contributed by atoms with E-state index < -0.39 is 0 Å². The van der Waals surface area contributed by atoms with Gasteiger partial charge in [-0.25, -0.2) is 9.37 Å². The van der Waals surface area contributed by atoms with Crippen molar-refractivity contribution in [3.05, 3.63) is 34.6 Å². The van der Waals surface area contributed by atoms with Gasteiger partial charge < -0.3 is 5.73 Å². The smallest absolute Gasteiger partial charge is 0.132 e. The van der Waals surface area contributed by atoms with E-state index in [0.717, 1.165) is 23.4 Å². The molecule has 90 valence electrons. The van der Waals surface area contributed by atoms with Gasteiger partial charge in [0.25, 0.3) is 0 Å². The average molecular weight is 250 g/mol.